The zero-order chi connectivity index (χ0) is 8.97. The third-order valence-corrected chi connectivity index (χ3v) is 2.53. The molecule has 0 aromatic heterocycles. The molecule has 1 fully saturated rings. The first-order valence-electron chi connectivity index (χ1n) is 4.47. The average Bonchev–Trinajstić information content (AvgIpc) is 2.03. The smallest absolute Gasteiger partial charge is 0.303 e. The van der Waals surface area contributed by atoms with E-state index in [-0.39, 0.29) is 0 Å². The minimum atomic E-state index is -0.684. The minimum absolute atomic E-state index is 0.295. The molecule has 1 aliphatic carbocycles. The summed E-state index contributed by atoms with van der Waals surface area (Å²) in [5.74, 6) is -0.349. The highest BCUT2D eigenvalue weighted by molar-refractivity contribution is 5.67. The van der Waals surface area contributed by atoms with Crippen molar-refractivity contribution in [3.8, 4) is 0 Å². The average molecular weight is 172 g/mol. The van der Waals surface area contributed by atoms with Gasteiger partial charge in [0.05, 0.1) is 6.10 Å². The lowest BCUT2D eigenvalue weighted by atomic mass is 9.85. The van der Waals surface area contributed by atoms with Gasteiger partial charge in [-0.25, -0.2) is 0 Å². The Labute approximate surface area is 72.7 Å². The van der Waals surface area contributed by atoms with E-state index < -0.39 is 5.97 Å². The normalized spacial score (nSPS) is 30.1. The summed E-state index contributed by atoms with van der Waals surface area (Å²) < 4.78 is 5.21. The van der Waals surface area contributed by atoms with Gasteiger partial charge in [-0.3, -0.25) is 4.79 Å². The van der Waals surface area contributed by atoms with Gasteiger partial charge in [0, 0.05) is 13.5 Å². The first kappa shape index (κ1) is 9.52. The molecule has 0 radical (unpaired) electrons. The SMILES string of the molecule is CO[C@H]1CCC[C@@H](CC(=O)O)C1. The lowest BCUT2D eigenvalue weighted by molar-refractivity contribution is -0.138. The van der Waals surface area contributed by atoms with Gasteiger partial charge in [0.25, 0.3) is 0 Å². The highest BCUT2D eigenvalue weighted by Crippen LogP contribution is 2.28. The van der Waals surface area contributed by atoms with Gasteiger partial charge in [-0.05, 0) is 25.2 Å². The van der Waals surface area contributed by atoms with Gasteiger partial charge >= 0.3 is 5.97 Å². The van der Waals surface area contributed by atoms with E-state index in [0.717, 1.165) is 25.7 Å². The highest BCUT2D eigenvalue weighted by atomic mass is 16.5. The van der Waals surface area contributed by atoms with Crippen molar-refractivity contribution >= 4 is 5.97 Å². The van der Waals surface area contributed by atoms with Crippen molar-refractivity contribution in [2.75, 3.05) is 7.11 Å². The molecule has 1 aliphatic rings. The molecule has 12 heavy (non-hydrogen) atoms. The second kappa shape index (κ2) is 4.45. The Morgan fingerprint density at radius 1 is 1.58 bits per heavy atom. The Morgan fingerprint density at radius 2 is 2.33 bits per heavy atom. The van der Waals surface area contributed by atoms with Crippen molar-refractivity contribution in [2.24, 2.45) is 5.92 Å². The van der Waals surface area contributed by atoms with Crippen LogP contribution in [-0.4, -0.2) is 24.3 Å². The molecule has 0 aliphatic heterocycles. The lowest BCUT2D eigenvalue weighted by Crippen LogP contribution is -2.23. The van der Waals surface area contributed by atoms with Gasteiger partial charge in [0.2, 0.25) is 0 Å². The van der Waals surface area contributed by atoms with Gasteiger partial charge in [-0.15, -0.1) is 0 Å². The van der Waals surface area contributed by atoms with E-state index in [1.807, 2.05) is 0 Å². The van der Waals surface area contributed by atoms with E-state index >= 15 is 0 Å². The molecule has 3 heteroatoms. The fourth-order valence-corrected chi connectivity index (χ4v) is 1.89. The monoisotopic (exact) mass is 172 g/mol. The number of methoxy groups -OCH3 is 1. The molecule has 0 spiro atoms. The maximum absolute atomic E-state index is 10.4. The van der Waals surface area contributed by atoms with Gasteiger partial charge < -0.3 is 9.84 Å². The van der Waals surface area contributed by atoms with Crippen LogP contribution in [0.15, 0.2) is 0 Å². The van der Waals surface area contributed by atoms with Crippen molar-refractivity contribution in [3.63, 3.8) is 0 Å². The molecule has 3 nitrogen and oxygen atoms in total. The number of hydrogen-bond acceptors (Lipinski definition) is 2. The first-order valence-corrected chi connectivity index (χ1v) is 4.47. The first-order chi connectivity index (χ1) is 5.72. The van der Waals surface area contributed by atoms with Crippen LogP contribution in [0, 0.1) is 5.92 Å². The highest BCUT2D eigenvalue weighted by Gasteiger charge is 2.23. The molecule has 1 N–H and O–H groups in total. The third-order valence-electron chi connectivity index (χ3n) is 2.53. The third kappa shape index (κ3) is 2.81. The van der Waals surface area contributed by atoms with Gasteiger partial charge in [-0.1, -0.05) is 6.42 Å². The lowest BCUT2D eigenvalue weighted by Gasteiger charge is -2.26. The molecule has 1 rings (SSSR count). The standard InChI is InChI=1S/C9H16O3/c1-12-8-4-2-3-7(5-8)6-9(10)11/h7-8H,2-6H2,1H3,(H,10,11)/t7-,8+/m1/s1. The zero-order valence-corrected chi connectivity index (χ0v) is 7.45. The maximum atomic E-state index is 10.4. The molecule has 70 valence electrons. The predicted molar refractivity (Wildman–Crippen MR) is 45.0 cm³/mol. The van der Waals surface area contributed by atoms with Gasteiger partial charge in [-0.2, -0.15) is 0 Å². The Morgan fingerprint density at radius 3 is 2.92 bits per heavy atom. The summed E-state index contributed by atoms with van der Waals surface area (Å²) in [4.78, 5) is 10.4. The molecule has 2 atom stereocenters. The number of carbonyl (C=O) groups is 1. The van der Waals surface area contributed by atoms with Crippen LogP contribution in [0.2, 0.25) is 0 Å². The summed E-state index contributed by atoms with van der Waals surface area (Å²) >= 11 is 0. The Hall–Kier alpha value is -0.570. The topological polar surface area (TPSA) is 46.5 Å². The molecule has 1 saturated carbocycles. The zero-order valence-electron chi connectivity index (χ0n) is 7.45. The Kier molecular flexibility index (Phi) is 3.53. The van der Waals surface area contributed by atoms with E-state index in [2.05, 4.69) is 0 Å². The van der Waals surface area contributed by atoms with Crippen LogP contribution in [-0.2, 0) is 9.53 Å². The second-order valence-electron chi connectivity index (χ2n) is 3.49. The predicted octanol–water partition coefficient (Wildman–Crippen LogP) is 1.67. The Bertz CT molecular complexity index is 156. The van der Waals surface area contributed by atoms with Crippen molar-refractivity contribution in [3.05, 3.63) is 0 Å². The van der Waals surface area contributed by atoms with Crippen molar-refractivity contribution in [1.29, 1.82) is 0 Å². The molecule has 0 unspecified atom stereocenters. The van der Waals surface area contributed by atoms with Crippen LogP contribution in [0.5, 0.6) is 0 Å². The van der Waals surface area contributed by atoms with E-state index in [1.165, 1.54) is 0 Å². The molecular formula is C9H16O3. The fourth-order valence-electron chi connectivity index (χ4n) is 1.89. The van der Waals surface area contributed by atoms with E-state index in [0.29, 0.717) is 18.4 Å². The number of carboxylic acid groups (broad SMARTS) is 1. The van der Waals surface area contributed by atoms with E-state index in [9.17, 15) is 4.79 Å². The molecule has 0 bridgehead atoms. The van der Waals surface area contributed by atoms with Crippen molar-refractivity contribution < 1.29 is 14.6 Å². The van der Waals surface area contributed by atoms with Crippen LogP contribution in [0.25, 0.3) is 0 Å². The second-order valence-corrected chi connectivity index (χ2v) is 3.49. The van der Waals surface area contributed by atoms with Crippen molar-refractivity contribution in [2.45, 2.75) is 38.2 Å². The molecule has 0 aromatic rings. The summed E-state index contributed by atoms with van der Waals surface area (Å²) in [7, 11) is 1.70. The molecule has 0 saturated heterocycles. The number of carboxylic acids is 1. The van der Waals surface area contributed by atoms with Crippen LogP contribution in [0.4, 0.5) is 0 Å². The Balaban J connectivity index is 2.30. The summed E-state index contributed by atoms with van der Waals surface area (Å²) in [6, 6.07) is 0. The van der Waals surface area contributed by atoms with Crippen LogP contribution in [0.3, 0.4) is 0 Å². The van der Waals surface area contributed by atoms with E-state index in [4.69, 9.17) is 9.84 Å². The largest absolute Gasteiger partial charge is 0.481 e. The molecular weight excluding hydrogens is 156 g/mol. The number of aliphatic carboxylic acids is 1. The quantitative estimate of drug-likeness (QED) is 0.704. The van der Waals surface area contributed by atoms with Gasteiger partial charge in [0.15, 0.2) is 0 Å². The summed E-state index contributed by atoms with van der Waals surface area (Å²) in [6.45, 7) is 0. The van der Waals surface area contributed by atoms with E-state index in [1.54, 1.807) is 7.11 Å². The number of hydrogen-bond donors (Lipinski definition) is 1. The molecule has 0 heterocycles. The maximum Gasteiger partial charge on any atom is 0.303 e. The van der Waals surface area contributed by atoms with Crippen LogP contribution in [0.1, 0.15) is 32.1 Å². The van der Waals surface area contributed by atoms with Gasteiger partial charge in [0.1, 0.15) is 0 Å². The number of ether oxygens (including phenoxy) is 1. The minimum Gasteiger partial charge on any atom is -0.481 e. The number of rotatable bonds is 3. The summed E-state index contributed by atoms with van der Waals surface area (Å²) in [5, 5.41) is 8.58. The molecule has 0 aromatic carbocycles. The fraction of sp³-hybridized carbons (Fsp3) is 0.889. The molecule has 0 amide bonds. The van der Waals surface area contributed by atoms with Crippen LogP contribution < -0.4 is 0 Å². The summed E-state index contributed by atoms with van der Waals surface area (Å²) in [6.07, 6.45) is 4.76. The summed E-state index contributed by atoms with van der Waals surface area (Å²) in [5.41, 5.74) is 0. The van der Waals surface area contributed by atoms with Crippen LogP contribution >= 0.6 is 0 Å². The van der Waals surface area contributed by atoms with Crippen molar-refractivity contribution in [1.82, 2.24) is 0 Å².